The molecule has 1 unspecified atom stereocenters. The molecule has 0 amide bonds. The van der Waals surface area contributed by atoms with Crippen LogP contribution in [0.5, 0.6) is 0 Å². The maximum atomic E-state index is 12.3. The third-order valence-electron chi connectivity index (χ3n) is 2.53. The molecule has 1 atom stereocenters. The first-order valence-electron chi connectivity index (χ1n) is 6.21. The lowest BCUT2D eigenvalue weighted by Crippen LogP contribution is -2.33. The minimum atomic E-state index is -3.45. The van der Waals surface area contributed by atoms with Gasteiger partial charge in [-0.05, 0) is 48.3 Å². The van der Waals surface area contributed by atoms with Crippen molar-refractivity contribution in [3.05, 3.63) is 14.7 Å². The van der Waals surface area contributed by atoms with Gasteiger partial charge in [-0.25, -0.2) is 13.1 Å². The molecule has 0 spiro atoms. The first-order valence-corrected chi connectivity index (χ1v) is 9.30. The van der Waals surface area contributed by atoms with E-state index >= 15 is 0 Å². The highest BCUT2D eigenvalue weighted by Gasteiger charge is 2.23. The number of sulfonamides is 1. The van der Waals surface area contributed by atoms with E-state index in [0.717, 1.165) is 11.3 Å². The van der Waals surface area contributed by atoms with Gasteiger partial charge in [0.05, 0.1) is 3.79 Å². The summed E-state index contributed by atoms with van der Waals surface area (Å²) in [6.07, 6.45) is 0.824. The van der Waals surface area contributed by atoms with Gasteiger partial charge in [0.15, 0.2) is 0 Å². The molecular weight excluding hydrogens is 348 g/mol. The Bertz CT molecular complexity index is 512. The van der Waals surface area contributed by atoms with Gasteiger partial charge in [0.25, 0.3) is 0 Å². The Morgan fingerprint density at radius 1 is 1.37 bits per heavy atom. The maximum absolute atomic E-state index is 12.3. The Balaban J connectivity index is 2.88. The smallest absolute Gasteiger partial charge is 0.242 e. The summed E-state index contributed by atoms with van der Waals surface area (Å²) in [6.45, 7) is 6.72. The number of rotatable bonds is 7. The topological polar surface area (TPSA) is 58.2 Å². The van der Waals surface area contributed by atoms with E-state index in [-0.39, 0.29) is 6.04 Å². The fraction of sp³-hybridized carbons (Fsp3) is 0.667. The highest BCUT2D eigenvalue weighted by molar-refractivity contribution is 9.11. The number of hydrogen-bond donors (Lipinski definition) is 2. The van der Waals surface area contributed by atoms with Crippen LogP contribution in [0.3, 0.4) is 0 Å². The molecule has 7 heteroatoms. The van der Waals surface area contributed by atoms with Gasteiger partial charge >= 0.3 is 0 Å². The van der Waals surface area contributed by atoms with Crippen molar-refractivity contribution >= 4 is 37.3 Å². The molecule has 0 fully saturated rings. The molecule has 0 aliphatic rings. The van der Waals surface area contributed by atoms with Crippen LogP contribution in [0.15, 0.2) is 14.7 Å². The molecule has 0 saturated carbocycles. The van der Waals surface area contributed by atoms with Crippen LogP contribution in [0.4, 0.5) is 0 Å². The van der Waals surface area contributed by atoms with Crippen LogP contribution < -0.4 is 10.0 Å². The van der Waals surface area contributed by atoms with E-state index in [4.69, 9.17) is 0 Å². The molecule has 0 radical (unpaired) electrons. The van der Waals surface area contributed by atoms with Crippen molar-refractivity contribution < 1.29 is 8.42 Å². The second-order valence-electron chi connectivity index (χ2n) is 5.03. The summed E-state index contributed by atoms with van der Waals surface area (Å²) in [5.74, 6) is 0.462. The summed E-state index contributed by atoms with van der Waals surface area (Å²) in [4.78, 5) is 1.32. The van der Waals surface area contributed by atoms with E-state index < -0.39 is 10.0 Å². The van der Waals surface area contributed by atoms with Gasteiger partial charge in [-0.15, -0.1) is 11.3 Å². The Kier molecular flexibility index (Phi) is 6.46. The zero-order valence-electron chi connectivity index (χ0n) is 11.7. The Morgan fingerprint density at radius 3 is 2.53 bits per heavy atom. The highest BCUT2D eigenvalue weighted by Crippen LogP contribution is 2.31. The van der Waals surface area contributed by atoms with Gasteiger partial charge in [-0.3, -0.25) is 0 Å². The standard InChI is InChI=1S/C12H21BrN2O2S2/c1-8(2)5-9(3)15-19(16,17)11-6-10(7-14-4)18-12(11)13/h6,8-9,14-15H,5,7H2,1-4H3. The van der Waals surface area contributed by atoms with Gasteiger partial charge in [-0.2, -0.15) is 0 Å². The molecule has 4 nitrogen and oxygen atoms in total. The average Bonchev–Trinajstić information content (AvgIpc) is 2.58. The quantitative estimate of drug-likeness (QED) is 0.777. The monoisotopic (exact) mass is 368 g/mol. The van der Waals surface area contributed by atoms with Crippen molar-refractivity contribution in [3.63, 3.8) is 0 Å². The number of hydrogen-bond acceptors (Lipinski definition) is 4. The van der Waals surface area contributed by atoms with Crippen LogP contribution in [0.1, 0.15) is 32.1 Å². The molecule has 19 heavy (non-hydrogen) atoms. The summed E-state index contributed by atoms with van der Waals surface area (Å²) < 4.78 is 28.0. The third kappa shape index (κ3) is 5.15. The van der Waals surface area contributed by atoms with E-state index in [0.29, 0.717) is 21.1 Å². The molecule has 1 rings (SSSR count). The van der Waals surface area contributed by atoms with E-state index in [1.165, 1.54) is 11.3 Å². The lowest BCUT2D eigenvalue weighted by Gasteiger charge is -2.15. The molecule has 110 valence electrons. The van der Waals surface area contributed by atoms with Crippen LogP contribution in [0.25, 0.3) is 0 Å². The second kappa shape index (κ2) is 7.17. The van der Waals surface area contributed by atoms with Crippen LogP contribution in [0, 0.1) is 5.92 Å². The van der Waals surface area contributed by atoms with Gasteiger partial charge in [-0.1, -0.05) is 13.8 Å². The molecule has 1 aromatic heterocycles. The molecule has 0 aromatic carbocycles. The van der Waals surface area contributed by atoms with E-state index in [1.807, 2.05) is 14.0 Å². The molecule has 1 heterocycles. The SMILES string of the molecule is CNCc1cc(S(=O)(=O)NC(C)CC(C)C)c(Br)s1. The zero-order valence-corrected chi connectivity index (χ0v) is 14.9. The van der Waals surface area contributed by atoms with Crippen LogP contribution in [0.2, 0.25) is 0 Å². The molecule has 0 aliphatic heterocycles. The van der Waals surface area contributed by atoms with E-state index in [9.17, 15) is 8.42 Å². The van der Waals surface area contributed by atoms with Crippen LogP contribution in [-0.2, 0) is 16.6 Å². The molecular formula is C12H21BrN2O2S2. The molecule has 0 saturated heterocycles. The summed E-state index contributed by atoms with van der Waals surface area (Å²) in [5, 5.41) is 3.02. The summed E-state index contributed by atoms with van der Waals surface area (Å²) >= 11 is 4.78. The zero-order chi connectivity index (χ0) is 14.6. The first-order chi connectivity index (χ1) is 8.76. The van der Waals surface area contributed by atoms with Gasteiger partial charge in [0.2, 0.25) is 10.0 Å². The fourth-order valence-electron chi connectivity index (χ4n) is 1.93. The summed E-state index contributed by atoms with van der Waals surface area (Å²) in [7, 11) is -1.61. The number of nitrogens with one attached hydrogen (secondary N) is 2. The number of thiophene rings is 1. The van der Waals surface area contributed by atoms with E-state index in [2.05, 4.69) is 39.8 Å². The highest BCUT2D eigenvalue weighted by atomic mass is 79.9. The Hall–Kier alpha value is 0.0500. The number of halogens is 1. The lowest BCUT2D eigenvalue weighted by atomic mass is 10.1. The minimum absolute atomic E-state index is 0.0652. The van der Waals surface area contributed by atoms with Gasteiger partial charge in [0, 0.05) is 17.5 Å². The van der Waals surface area contributed by atoms with Crippen molar-refractivity contribution in [1.82, 2.24) is 10.0 Å². The average molecular weight is 369 g/mol. The predicted octanol–water partition coefficient (Wildman–Crippen LogP) is 2.94. The lowest BCUT2D eigenvalue weighted by molar-refractivity contribution is 0.482. The van der Waals surface area contributed by atoms with Crippen LogP contribution >= 0.6 is 27.3 Å². The Labute approximate surface area is 128 Å². The normalized spacial score (nSPS) is 14.0. The fourth-order valence-corrected chi connectivity index (χ4v) is 5.88. The van der Waals surface area contributed by atoms with Crippen LogP contribution in [-0.4, -0.2) is 21.5 Å². The third-order valence-corrected chi connectivity index (χ3v) is 6.37. The van der Waals surface area contributed by atoms with Crippen molar-refractivity contribution in [3.8, 4) is 0 Å². The van der Waals surface area contributed by atoms with Crippen molar-refractivity contribution in [2.45, 2.75) is 44.7 Å². The molecule has 2 N–H and O–H groups in total. The first kappa shape index (κ1) is 17.1. The van der Waals surface area contributed by atoms with Crippen molar-refractivity contribution in [2.24, 2.45) is 5.92 Å². The van der Waals surface area contributed by atoms with Gasteiger partial charge in [0.1, 0.15) is 4.90 Å². The predicted molar refractivity (Wildman–Crippen MR) is 84.0 cm³/mol. The van der Waals surface area contributed by atoms with Crippen molar-refractivity contribution in [1.29, 1.82) is 0 Å². The Morgan fingerprint density at radius 2 is 2.00 bits per heavy atom. The van der Waals surface area contributed by atoms with Gasteiger partial charge < -0.3 is 5.32 Å². The second-order valence-corrected chi connectivity index (χ2v) is 9.17. The molecule has 0 aliphatic carbocycles. The summed E-state index contributed by atoms with van der Waals surface area (Å²) in [6, 6.07) is 1.65. The van der Waals surface area contributed by atoms with E-state index in [1.54, 1.807) is 6.07 Å². The molecule has 1 aromatic rings. The maximum Gasteiger partial charge on any atom is 0.242 e. The molecule has 0 bridgehead atoms. The summed E-state index contributed by atoms with van der Waals surface area (Å²) in [5.41, 5.74) is 0. The minimum Gasteiger partial charge on any atom is -0.315 e. The van der Waals surface area contributed by atoms with Crippen molar-refractivity contribution in [2.75, 3.05) is 7.05 Å². The largest absolute Gasteiger partial charge is 0.315 e.